The molecule has 2 rings (SSSR count). The van der Waals surface area contributed by atoms with E-state index in [0.29, 0.717) is 11.3 Å². The minimum absolute atomic E-state index is 0.161. The first-order valence-electron chi connectivity index (χ1n) is 7.91. The van der Waals surface area contributed by atoms with Crippen LogP contribution in [-0.2, 0) is 9.53 Å². The van der Waals surface area contributed by atoms with E-state index in [-0.39, 0.29) is 12.4 Å². The van der Waals surface area contributed by atoms with Crippen molar-refractivity contribution in [2.24, 2.45) is 0 Å². The molecule has 0 aliphatic rings. The van der Waals surface area contributed by atoms with Gasteiger partial charge in [0.2, 0.25) is 0 Å². The number of nitrogens with zero attached hydrogens (tertiary/aromatic N) is 1. The van der Waals surface area contributed by atoms with Gasteiger partial charge >= 0.3 is 5.97 Å². The van der Waals surface area contributed by atoms with Gasteiger partial charge in [-0.3, -0.25) is 9.78 Å². The van der Waals surface area contributed by atoms with Crippen molar-refractivity contribution in [1.82, 2.24) is 4.98 Å². The minimum Gasteiger partial charge on any atom is -0.482 e. The fourth-order valence-electron chi connectivity index (χ4n) is 2.00. The molecule has 0 N–H and O–H groups in total. The van der Waals surface area contributed by atoms with Gasteiger partial charge in [0.05, 0.1) is 0 Å². The zero-order valence-corrected chi connectivity index (χ0v) is 14.6. The van der Waals surface area contributed by atoms with Crippen LogP contribution in [0.25, 0.3) is 6.08 Å². The molecule has 0 bridgehead atoms. The number of esters is 1. The molecule has 0 unspecified atom stereocenters. The van der Waals surface area contributed by atoms with E-state index >= 15 is 0 Å². The van der Waals surface area contributed by atoms with E-state index in [0.717, 1.165) is 5.56 Å². The van der Waals surface area contributed by atoms with Crippen molar-refractivity contribution in [3.8, 4) is 5.75 Å². The fraction of sp³-hybridized carbons (Fsp3) is 0.250. The largest absolute Gasteiger partial charge is 0.482 e. The van der Waals surface area contributed by atoms with Crippen molar-refractivity contribution in [3.63, 3.8) is 0 Å². The number of allylic oxidation sites excluding steroid dienone is 1. The maximum Gasteiger partial charge on any atom is 0.344 e. The highest BCUT2D eigenvalue weighted by molar-refractivity contribution is 6.07. The zero-order valence-electron chi connectivity index (χ0n) is 14.6. The molecular formula is C20H21NO4. The summed E-state index contributed by atoms with van der Waals surface area (Å²) in [5.41, 5.74) is 0.755. The Morgan fingerprint density at radius 1 is 1.16 bits per heavy atom. The van der Waals surface area contributed by atoms with Gasteiger partial charge in [-0.2, -0.15) is 0 Å². The van der Waals surface area contributed by atoms with E-state index in [9.17, 15) is 9.59 Å². The molecule has 1 aromatic heterocycles. The molecule has 0 atom stereocenters. The Hall–Kier alpha value is -2.95. The Labute approximate surface area is 147 Å². The summed E-state index contributed by atoms with van der Waals surface area (Å²) < 4.78 is 10.6. The first-order chi connectivity index (χ1) is 11.8. The molecule has 130 valence electrons. The molecule has 1 aromatic carbocycles. The molecule has 0 radical (unpaired) electrons. The summed E-state index contributed by atoms with van der Waals surface area (Å²) in [6.45, 7) is 5.16. The van der Waals surface area contributed by atoms with Crippen LogP contribution in [0.1, 0.15) is 36.7 Å². The normalized spacial score (nSPS) is 11.3. The lowest BCUT2D eigenvalue weighted by atomic mass is 10.1. The number of carbonyl (C=O) groups excluding carboxylic acids is 2. The van der Waals surface area contributed by atoms with E-state index in [1.165, 1.54) is 6.08 Å². The van der Waals surface area contributed by atoms with E-state index in [1.54, 1.807) is 69.6 Å². The van der Waals surface area contributed by atoms with Crippen molar-refractivity contribution in [1.29, 1.82) is 0 Å². The molecule has 25 heavy (non-hydrogen) atoms. The number of ether oxygens (including phenoxy) is 2. The van der Waals surface area contributed by atoms with E-state index in [1.807, 2.05) is 6.07 Å². The molecule has 0 spiro atoms. The monoisotopic (exact) mass is 339 g/mol. The number of pyridine rings is 1. The van der Waals surface area contributed by atoms with Crippen LogP contribution in [0.4, 0.5) is 0 Å². The second-order valence-electron chi connectivity index (χ2n) is 6.39. The lowest BCUT2D eigenvalue weighted by Crippen LogP contribution is -2.27. The second kappa shape index (κ2) is 8.24. The van der Waals surface area contributed by atoms with Gasteiger partial charge in [-0.15, -0.1) is 0 Å². The predicted octanol–water partition coefficient (Wildman–Crippen LogP) is 3.70. The maximum absolute atomic E-state index is 12.2. The summed E-state index contributed by atoms with van der Waals surface area (Å²) in [5.74, 6) is -0.182. The molecule has 5 nitrogen and oxygen atoms in total. The highest BCUT2D eigenvalue weighted by Gasteiger charge is 2.16. The summed E-state index contributed by atoms with van der Waals surface area (Å²) in [4.78, 5) is 27.9. The zero-order chi connectivity index (χ0) is 18.3. The Morgan fingerprint density at radius 3 is 2.64 bits per heavy atom. The highest BCUT2D eigenvalue weighted by Crippen LogP contribution is 2.15. The van der Waals surface area contributed by atoms with Crippen molar-refractivity contribution >= 4 is 17.8 Å². The SMILES string of the molecule is CC(C)(C)OC(=O)COc1cccc(C(=O)/C=C/c2cccnc2)c1. The Kier molecular flexibility index (Phi) is 6.06. The van der Waals surface area contributed by atoms with Gasteiger partial charge < -0.3 is 9.47 Å². The third kappa shape index (κ3) is 6.59. The van der Waals surface area contributed by atoms with E-state index < -0.39 is 11.6 Å². The average molecular weight is 339 g/mol. The Bertz CT molecular complexity index is 761. The molecule has 0 aliphatic carbocycles. The second-order valence-corrected chi connectivity index (χ2v) is 6.39. The number of hydrogen-bond donors (Lipinski definition) is 0. The molecule has 5 heteroatoms. The van der Waals surface area contributed by atoms with Gasteiger partial charge in [-0.25, -0.2) is 4.79 Å². The van der Waals surface area contributed by atoms with Gasteiger partial charge in [-0.05, 0) is 56.7 Å². The van der Waals surface area contributed by atoms with E-state index in [2.05, 4.69) is 4.98 Å². The quantitative estimate of drug-likeness (QED) is 0.456. The average Bonchev–Trinajstić information content (AvgIpc) is 2.57. The van der Waals surface area contributed by atoms with Crippen LogP contribution in [0.3, 0.4) is 0 Å². The third-order valence-electron chi connectivity index (χ3n) is 3.01. The highest BCUT2D eigenvalue weighted by atomic mass is 16.6. The molecule has 0 saturated carbocycles. The first kappa shape index (κ1) is 18.4. The molecule has 0 fully saturated rings. The van der Waals surface area contributed by atoms with Gasteiger partial charge in [-0.1, -0.05) is 18.2 Å². The smallest absolute Gasteiger partial charge is 0.344 e. The van der Waals surface area contributed by atoms with Crippen LogP contribution in [0.15, 0.2) is 54.9 Å². The number of aromatic nitrogens is 1. The first-order valence-corrected chi connectivity index (χ1v) is 7.91. The molecular weight excluding hydrogens is 318 g/mol. The minimum atomic E-state index is -0.560. The van der Waals surface area contributed by atoms with Crippen molar-refractivity contribution in [3.05, 3.63) is 66.0 Å². The van der Waals surface area contributed by atoms with Crippen molar-refractivity contribution < 1.29 is 19.1 Å². The van der Waals surface area contributed by atoms with Gasteiger partial charge in [0.25, 0.3) is 0 Å². The predicted molar refractivity (Wildman–Crippen MR) is 95.4 cm³/mol. The lowest BCUT2D eigenvalue weighted by molar-refractivity contribution is -0.157. The number of hydrogen-bond acceptors (Lipinski definition) is 5. The Morgan fingerprint density at radius 2 is 1.96 bits per heavy atom. The van der Waals surface area contributed by atoms with Crippen LogP contribution in [0.2, 0.25) is 0 Å². The summed E-state index contributed by atoms with van der Waals surface area (Å²) in [6.07, 6.45) is 6.52. The molecule has 2 aromatic rings. The Balaban J connectivity index is 1.97. The number of ketones is 1. The standard InChI is InChI=1S/C20H21NO4/c1-20(2,3)25-19(23)14-24-17-8-4-7-16(12-17)18(22)10-9-15-6-5-11-21-13-15/h4-13H,14H2,1-3H3/b10-9+. The van der Waals surface area contributed by atoms with Crippen LogP contribution in [0, 0.1) is 0 Å². The summed E-state index contributed by atoms with van der Waals surface area (Å²) in [7, 11) is 0. The van der Waals surface area contributed by atoms with Crippen LogP contribution in [-0.4, -0.2) is 28.9 Å². The summed E-state index contributed by atoms with van der Waals surface area (Å²) in [5, 5.41) is 0. The van der Waals surface area contributed by atoms with Crippen molar-refractivity contribution in [2.45, 2.75) is 26.4 Å². The molecule has 0 aliphatic heterocycles. The molecule has 0 amide bonds. The van der Waals surface area contributed by atoms with E-state index in [4.69, 9.17) is 9.47 Å². The lowest BCUT2D eigenvalue weighted by Gasteiger charge is -2.19. The van der Waals surface area contributed by atoms with Gasteiger partial charge in [0, 0.05) is 18.0 Å². The van der Waals surface area contributed by atoms with Gasteiger partial charge in [0.15, 0.2) is 12.4 Å². The van der Waals surface area contributed by atoms with Crippen LogP contribution in [0.5, 0.6) is 5.75 Å². The number of benzene rings is 1. The summed E-state index contributed by atoms with van der Waals surface area (Å²) >= 11 is 0. The van der Waals surface area contributed by atoms with Crippen molar-refractivity contribution in [2.75, 3.05) is 6.61 Å². The molecule has 0 saturated heterocycles. The molecule has 1 heterocycles. The van der Waals surface area contributed by atoms with Gasteiger partial charge in [0.1, 0.15) is 11.4 Å². The third-order valence-corrected chi connectivity index (χ3v) is 3.01. The van der Waals surface area contributed by atoms with Crippen LogP contribution >= 0.6 is 0 Å². The number of rotatable bonds is 6. The summed E-state index contributed by atoms with van der Waals surface area (Å²) in [6, 6.07) is 10.3. The van der Waals surface area contributed by atoms with Crippen LogP contribution < -0.4 is 4.74 Å². The fourth-order valence-corrected chi connectivity index (χ4v) is 2.00. The topological polar surface area (TPSA) is 65.5 Å². The number of carbonyl (C=O) groups is 2. The maximum atomic E-state index is 12.2.